The van der Waals surface area contributed by atoms with Gasteiger partial charge in [0.2, 0.25) is 5.91 Å². The first-order chi connectivity index (χ1) is 14.3. The quantitative estimate of drug-likeness (QED) is 0.648. The number of pyridine rings is 1. The monoisotopic (exact) mass is 430 g/mol. The summed E-state index contributed by atoms with van der Waals surface area (Å²) >= 11 is 6.09. The van der Waals surface area contributed by atoms with Crippen molar-refractivity contribution in [3.05, 3.63) is 61.4 Å². The van der Waals surface area contributed by atoms with Crippen molar-refractivity contribution in [2.75, 3.05) is 11.9 Å². The maximum Gasteiger partial charge on any atom is 0.332 e. The molecule has 1 amide bonds. The number of anilines is 1. The first kappa shape index (κ1) is 21.6. The van der Waals surface area contributed by atoms with Gasteiger partial charge in [0.05, 0.1) is 6.61 Å². The van der Waals surface area contributed by atoms with E-state index in [0.29, 0.717) is 29.5 Å². The van der Waals surface area contributed by atoms with Gasteiger partial charge in [-0.05, 0) is 38.0 Å². The van der Waals surface area contributed by atoms with E-state index in [9.17, 15) is 14.4 Å². The van der Waals surface area contributed by atoms with Gasteiger partial charge < -0.3 is 10.1 Å². The van der Waals surface area contributed by atoms with Crippen molar-refractivity contribution in [2.45, 2.75) is 33.7 Å². The number of hydrogen-bond donors (Lipinski definition) is 1. The molecule has 0 bridgehead atoms. The van der Waals surface area contributed by atoms with Gasteiger partial charge in [-0.2, -0.15) is 0 Å². The largest absolute Gasteiger partial charge is 0.493 e. The third-order valence-electron chi connectivity index (χ3n) is 4.81. The molecule has 0 atom stereocenters. The normalized spacial score (nSPS) is 11.0. The zero-order valence-corrected chi connectivity index (χ0v) is 18.0. The average Bonchev–Trinajstić information content (AvgIpc) is 2.72. The molecule has 30 heavy (non-hydrogen) atoms. The Bertz CT molecular complexity index is 1250. The molecule has 0 unspecified atom stereocenters. The molecule has 2 heterocycles. The van der Waals surface area contributed by atoms with Gasteiger partial charge in [0.15, 0.2) is 5.65 Å². The lowest BCUT2D eigenvalue weighted by atomic mass is 10.1. The van der Waals surface area contributed by atoms with E-state index in [1.54, 1.807) is 24.4 Å². The fourth-order valence-corrected chi connectivity index (χ4v) is 3.36. The molecule has 0 saturated carbocycles. The van der Waals surface area contributed by atoms with Crippen LogP contribution in [0.2, 0.25) is 5.02 Å². The molecular formula is C21H23ClN4O4. The van der Waals surface area contributed by atoms with Crippen LogP contribution in [0, 0.1) is 6.92 Å². The second-order valence-corrected chi connectivity index (χ2v) is 7.25. The summed E-state index contributed by atoms with van der Waals surface area (Å²) in [6.07, 6.45) is 2.21. The molecule has 9 heteroatoms. The van der Waals surface area contributed by atoms with E-state index < -0.39 is 23.7 Å². The second kappa shape index (κ2) is 8.71. The van der Waals surface area contributed by atoms with Crippen LogP contribution in [0.1, 0.15) is 25.0 Å². The number of halogens is 1. The van der Waals surface area contributed by atoms with Crippen molar-refractivity contribution < 1.29 is 9.53 Å². The highest BCUT2D eigenvalue weighted by atomic mass is 35.5. The lowest BCUT2D eigenvalue weighted by molar-refractivity contribution is -0.116. The van der Waals surface area contributed by atoms with Crippen LogP contribution in [0.15, 0.2) is 34.0 Å². The van der Waals surface area contributed by atoms with Crippen molar-refractivity contribution >= 4 is 34.2 Å². The summed E-state index contributed by atoms with van der Waals surface area (Å²) in [5.41, 5.74) is 1.07. The number of hydrogen-bond acceptors (Lipinski definition) is 5. The first-order valence-corrected chi connectivity index (χ1v) is 9.96. The predicted octanol–water partition coefficient (Wildman–Crippen LogP) is 2.66. The fourth-order valence-electron chi connectivity index (χ4n) is 3.18. The van der Waals surface area contributed by atoms with Crippen LogP contribution in [-0.2, 0) is 24.8 Å². The van der Waals surface area contributed by atoms with Gasteiger partial charge in [-0.1, -0.05) is 24.6 Å². The van der Waals surface area contributed by atoms with Gasteiger partial charge in [0, 0.05) is 29.5 Å². The van der Waals surface area contributed by atoms with Gasteiger partial charge in [0.1, 0.15) is 17.7 Å². The third-order valence-corrected chi connectivity index (χ3v) is 5.21. The molecule has 1 N–H and O–H groups in total. The van der Waals surface area contributed by atoms with Gasteiger partial charge in [-0.15, -0.1) is 0 Å². The maximum atomic E-state index is 13.2. The average molecular weight is 431 g/mol. The Balaban J connectivity index is 2.08. The smallest absolute Gasteiger partial charge is 0.332 e. The molecule has 3 rings (SSSR count). The molecule has 2 aromatic heterocycles. The molecule has 0 aliphatic carbocycles. The van der Waals surface area contributed by atoms with E-state index in [-0.39, 0.29) is 11.0 Å². The fraction of sp³-hybridized carbons (Fsp3) is 0.333. The van der Waals surface area contributed by atoms with E-state index in [1.165, 1.54) is 11.6 Å². The van der Waals surface area contributed by atoms with Crippen molar-refractivity contribution in [1.29, 1.82) is 0 Å². The summed E-state index contributed by atoms with van der Waals surface area (Å²) < 4.78 is 7.84. The van der Waals surface area contributed by atoms with E-state index in [2.05, 4.69) is 10.3 Å². The van der Waals surface area contributed by atoms with Gasteiger partial charge in [-0.3, -0.25) is 14.2 Å². The van der Waals surface area contributed by atoms with Gasteiger partial charge in [0.25, 0.3) is 5.56 Å². The van der Waals surface area contributed by atoms with E-state index in [0.717, 1.165) is 15.7 Å². The Morgan fingerprint density at radius 3 is 2.63 bits per heavy atom. The number of carbonyl (C=O) groups is 1. The van der Waals surface area contributed by atoms with E-state index >= 15 is 0 Å². The number of ether oxygens (including phenoxy) is 1. The van der Waals surface area contributed by atoms with E-state index in [1.807, 2.05) is 20.8 Å². The molecule has 0 radical (unpaired) electrons. The van der Waals surface area contributed by atoms with Crippen LogP contribution in [0.25, 0.3) is 11.0 Å². The molecule has 8 nitrogen and oxygen atoms in total. The Labute approximate surface area is 178 Å². The topological polar surface area (TPSA) is 95.2 Å². The Hall–Kier alpha value is -3.13. The second-order valence-electron chi connectivity index (χ2n) is 6.84. The van der Waals surface area contributed by atoms with Gasteiger partial charge >= 0.3 is 5.69 Å². The van der Waals surface area contributed by atoms with Crippen molar-refractivity contribution in [2.24, 2.45) is 7.05 Å². The number of aromatic nitrogens is 3. The number of amides is 1. The third kappa shape index (κ3) is 3.95. The number of rotatable bonds is 6. The predicted molar refractivity (Wildman–Crippen MR) is 117 cm³/mol. The van der Waals surface area contributed by atoms with Crippen LogP contribution in [-0.4, -0.2) is 26.6 Å². The van der Waals surface area contributed by atoms with Crippen LogP contribution in [0.5, 0.6) is 5.75 Å². The summed E-state index contributed by atoms with van der Waals surface area (Å²) in [7, 11) is 1.51. The molecule has 0 fully saturated rings. The van der Waals surface area contributed by atoms with Crippen molar-refractivity contribution in [3.8, 4) is 5.75 Å². The molecule has 0 aliphatic rings. The minimum Gasteiger partial charge on any atom is -0.493 e. The molecule has 158 valence electrons. The number of benzene rings is 1. The lowest BCUT2D eigenvalue weighted by Crippen LogP contribution is -2.42. The van der Waals surface area contributed by atoms with Crippen LogP contribution in [0.4, 0.5) is 5.69 Å². The van der Waals surface area contributed by atoms with Crippen LogP contribution >= 0.6 is 11.6 Å². The highest BCUT2D eigenvalue weighted by Gasteiger charge is 2.20. The van der Waals surface area contributed by atoms with Crippen molar-refractivity contribution in [1.82, 2.24) is 14.1 Å². The maximum absolute atomic E-state index is 13.2. The highest BCUT2D eigenvalue weighted by molar-refractivity contribution is 6.31. The molecule has 1 aromatic carbocycles. The van der Waals surface area contributed by atoms with Crippen LogP contribution < -0.4 is 21.3 Å². The van der Waals surface area contributed by atoms with Crippen molar-refractivity contribution in [3.63, 3.8) is 0 Å². The Morgan fingerprint density at radius 2 is 2.00 bits per heavy atom. The number of aryl methyl sites for hydroxylation is 3. The molecule has 0 spiro atoms. The minimum absolute atomic E-state index is 0.185. The minimum atomic E-state index is -0.635. The number of nitrogens with zero attached hydrogens (tertiary/aromatic N) is 3. The Kier molecular flexibility index (Phi) is 6.26. The molecule has 3 aromatic rings. The first-order valence-electron chi connectivity index (χ1n) is 9.58. The molecular weight excluding hydrogens is 408 g/mol. The zero-order chi connectivity index (χ0) is 22.0. The summed E-state index contributed by atoms with van der Waals surface area (Å²) in [5, 5.41) is 3.35. The van der Waals surface area contributed by atoms with Gasteiger partial charge in [-0.25, -0.2) is 14.3 Å². The SMILES string of the molecule is CCOc1c(CC)cnc2c1c(=O)n(CC(=O)Nc1ccc(C)c(Cl)c1)c(=O)n2C. The zero-order valence-electron chi connectivity index (χ0n) is 17.3. The number of nitrogens with one attached hydrogen (secondary N) is 1. The lowest BCUT2D eigenvalue weighted by Gasteiger charge is -2.15. The summed E-state index contributed by atoms with van der Waals surface area (Å²) in [4.78, 5) is 42.8. The molecule has 0 saturated heterocycles. The van der Waals surface area contributed by atoms with Crippen LogP contribution in [0.3, 0.4) is 0 Å². The summed E-state index contributed by atoms with van der Waals surface area (Å²) in [5.74, 6) is -0.129. The highest BCUT2D eigenvalue weighted by Crippen LogP contribution is 2.25. The Morgan fingerprint density at radius 1 is 1.27 bits per heavy atom. The number of carbonyl (C=O) groups excluding carboxylic acids is 1. The number of fused-ring (bicyclic) bond motifs is 1. The summed E-state index contributed by atoms with van der Waals surface area (Å²) in [6.45, 7) is 5.48. The molecule has 0 aliphatic heterocycles. The summed E-state index contributed by atoms with van der Waals surface area (Å²) in [6, 6.07) is 5.08. The standard InChI is InChI=1S/C21H23ClN4O4/c1-5-13-10-23-19-17(18(13)30-6-2)20(28)26(21(29)25(19)4)11-16(27)24-14-8-7-12(3)15(22)9-14/h7-10H,5-6,11H2,1-4H3,(H,24,27). The van der Waals surface area contributed by atoms with E-state index in [4.69, 9.17) is 16.3 Å².